The molecule has 2 N–H and O–H groups in total. The van der Waals surface area contributed by atoms with Crippen molar-refractivity contribution >= 4 is 0 Å². The zero-order valence-corrected chi connectivity index (χ0v) is 11.3. The quantitative estimate of drug-likeness (QED) is 0.787. The van der Waals surface area contributed by atoms with Crippen molar-refractivity contribution in [1.82, 2.24) is 9.24 Å². The van der Waals surface area contributed by atoms with Gasteiger partial charge in [-0.3, -0.25) is 4.79 Å². The van der Waals surface area contributed by atoms with Crippen LogP contribution in [0.2, 0.25) is 0 Å². The van der Waals surface area contributed by atoms with Crippen molar-refractivity contribution in [3.63, 3.8) is 0 Å². The summed E-state index contributed by atoms with van der Waals surface area (Å²) in [6.07, 6.45) is 0. The molecule has 0 fully saturated rings. The second-order valence-corrected chi connectivity index (χ2v) is 4.23. The lowest BCUT2D eigenvalue weighted by atomic mass is 10.2. The van der Waals surface area contributed by atoms with E-state index in [9.17, 15) is 14.0 Å². The smallest absolute Gasteiger partial charge is 0.354 e. The maximum atomic E-state index is 14.1. The molecule has 0 amide bonds. The van der Waals surface area contributed by atoms with Crippen molar-refractivity contribution in [2.75, 3.05) is 13.0 Å². The van der Waals surface area contributed by atoms with E-state index >= 15 is 0 Å². The first-order chi connectivity index (χ1) is 9.90. The number of rotatable bonds is 2. The molecule has 0 aliphatic rings. The van der Waals surface area contributed by atoms with Gasteiger partial charge in [0.25, 0.3) is 5.56 Å². The number of ether oxygens (including phenoxy) is 1. The lowest BCUT2D eigenvalue weighted by Crippen LogP contribution is -2.43. The first kappa shape index (κ1) is 14.3. The second-order valence-electron chi connectivity index (χ2n) is 4.23. The van der Waals surface area contributed by atoms with Gasteiger partial charge in [-0.2, -0.15) is 5.26 Å². The summed E-state index contributed by atoms with van der Waals surface area (Å²) in [5.41, 5.74) is -1.77. The van der Waals surface area contributed by atoms with Gasteiger partial charge in [0.05, 0.1) is 18.4 Å². The molecule has 0 bridgehead atoms. The van der Waals surface area contributed by atoms with Crippen LogP contribution in [0.25, 0.3) is 5.69 Å². The largest absolute Gasteiger partial charge is 0.495 e. The Bertz CT molecular complexity index is 877. The highest BCUT2D eigenvalue weighted by Gasteiger charge is 2.16. The van der Waals surface area contributed by atoms with Crippen LogP contribution >= 0.6 is 0 Å². The normalized spacial score (nSPS) is 10.2. The molecule has 0 atom stereocenters. The number of hydrogen-bond acceptors (Lipinski definition) is 5. The van der Waals surface area contributed by atoms with Gasteiger partial charge in [-0.05, 0) is 13.0 Å². The third kappa shape index (κ3) is 2.25. The van der Waals surface area contributed by atoms with E-state index in [-0.39, 0.29) is 22.7 Å². The minimum Gasteiger partial charge on any atom is -0.495 e. The monoisotopic (exact) mass is 290 g/mol. The van der Waals surface area contributed by atoms with Crippen molar-refractivity contribution < 1.29 is 9.13 Å². The number of nitriles is 1. The highest BCUT2D eigenvalue weighted by molar-refractivity contribution is 5.51. The molecular formula is C13H11FN4O3. The van der Waals surface area contributed by atoms with Crippen LogP contribution in [0.3, 0.4) is 0 Å². The lowest BCUT2D eigenvalue weighted by molar-refractivity contribution is 0.411. The molecular weight excluding hydrogens is 279 g/mol. The molecule has 0 aliphatic heterocycles. The molecule has 0 saturated heterocycles. The van der Waals surface area contributed by atoms with Crippen LogP contribution in [0.1, 0.15) is 11.3 Å². The molecule has 108 valence electrons. The minimum absolute atomic E-state index is 0.0457. The van der Waals surface area contributed by atoms with Gasteiger partial charge in [-0.15, -0.1) is 0 Å². The number of nitrogens with two attached hydrogens (primary N) is 1. The van der Waals surface area contributed by atoms with Crippen LogP contribution in [0.15, 0.2) is 27.8 Å². The van der Waals surface area contributed by atoms with Gasteiger partial charge in [0, 0.05) is 17.8 Å². The summed E-state index contributed by atoms with van der Waals surface area (Å²) in [5.74, 6) is 4.64. The molecule has 1 aromatic heterocycles. The summed E-state index contributed by atoms with van der Waals surface area (Å²) < 4.78 is 20.3. The van der Waals surface area contributed by atoms with Crippen LogP contribution in [-0.4, -0.2) is 16.4 Å². The van der Waals surface area contributed by atoms with Crippen molar-refractivity contribution in [2.45, 2.75) is 6.92 Å². The lowest BCUT2D eigenvalue weighted by Gasteiger charge is -2.11. The van der Waals surface area contributed by atoms with E-state index in [1.807, 2.05) is 0 Å². The Kier molecular flexibility index (Phi) is 3.50. The average Bonchev–Trinajstić information content (AvgIpc) is 2.46. The van der Waals surface area contributed by atoms with Gasteiger partial charge < -0.3 is 10.6 Å². The van der Waals surface area contributed by atoms with Gasteiger partial charge in [-0.25, -0.2) is 18.4 Å². The van der Waals surface area contributed by atoms with Crippen LogP contribution in [0.5, 0.6) is 5.75 Å². The molecule has 1 aromatic carbocycles. The number of methoxy groups -OCH3 is 1. The highest BCUT2D eigenvalue weighted by Crippen LogP contribution is 2.23. The molecule has 0 aliphatic carbocycles. The van der Waals surface area contributed by atoms with Crippen LogP contribution in [0.4, 0.5) is 4.39 Å². The summed E-state index contributed by atoms with van der Waals surface area (Å²) in [6, 6.07) is 4.85. The van der Waals surface area contributed by atoms with Gasteiger partial charge >= 0.3 is 5.69 Å². The average molecular weight is 290 g/mol. The number of benzene rings is 1. The number of halogens is 1. The minimum atomic E-state index is -0.907. The number of hydrogen-bond donors (Lipinski definition) is 1. The van der Waals surface area contributed by atoms with Gasteiger partial charge in [0.15, 0.2) is 0 Å². The fourth-order valence-corrected chi connectivity index (χ4v) is 1.86. The number of aromatic nitrogens is 2. The zero-order chi connectivity index (χ0) is 15.7. The summed E-state index contributed by atoms with van der Waals surface area (Å²) in [7, 11) is 1.29. The predicted octanol–water partition coefficient (Wildman–Crippen LogP) is 0.0408. The summed E-state index contributed by atoms with van der Waals surface area (Å²) in [4.78, 5) is 24.0. The fraction of sp³-hybridized carbons (Fsp3) is 0.154. The van der Waals surface area contributed by atoms with E-state index in [2.05, 4.69) is 0 Å². The Hall–Kier alpha value is -3.08. The zero-order valence-electron chi connectivity index (χ0n) is 11.3. The first-order valence-corrected chi connectivity index (χ1v) is 5.79. The van der Waals surface area contributed by atoms with E-state index < -0.39 is 17.1 Å². The van der Waals surface area contributed by atoms with Gasteiger partial charge in [-0.1, -0.05) is 0 Å². The van der Waals surface area contributed by atoms with E-state index in [4.69, 9.17) is 15.8 Å². The van der Waals surface area contributed by atoms with Crippen LogP contribution in [0, 0.1) is 24.1 Å². The maximum absolute atomic E-state index is 14.1. The molecule has 0 unspecified atom stereocenters. The number of aryl methyl sites for hydroxylation is 1. The van der Waals surface area contributed by atoms with Crippen molar-refractivity contribution in [3.05, 3.63) is 56.1 Å². The van der Waals surface area contributed by atoms with Crippen molar-refractivity contribution in [2.24, 2.45) is 0 Å². The van der Waals surface area contributed by atoms with Crippen molar-refractivity contribution in [3.8, 4) is 17.5 Å². The molecule has 0 saturated carbocycles. The topological polar surface area (TPSA) is 103 Å². The van der Waals surface area contributed by atoms with Gasteiger partial charge in [0.2, 0.25) is 0 Å². The maximum Gasteiger partial charge on any atom is 0.354 e. The molecule has 0 radical (unpaired) electrons. The number of nitrogens with zero attached hydrogens (tertiary/aromatic N) is 3. The van der Waals surface area contributed by atoms with E-state index in [1.54, 1.807) is 6.07 Å². The molecule has 21 heavy (non-hydrogen) atoms. The first-order valence-electron chi connectivity index (χ1n) is 5.79. The Morgan fingerprint density at radius 2 is 2.00 bits per heavy atom. The molecule has 2 rings (SSSR count). The van der Waals surface area contributed by atoms with Crippen LogP contribution in [-0.2, 0) is 0 Å². The highest BCUT2D eigenvalue weighted by atomic mass is 19.1. The molecule has 0 spiro atoms. The summed E-state index contributed by atoms with van der Waals surface area (Å²) in [6.45, 7) is 1.48. The van der Waals surface area contributed by atoms with E-state index in [0.717, 1.165) is 22.9 Å². The van der Waals surface area contributed by atoms with Crippen molar-refractivity contribution in [1.29, 1.82) is 5.26 Å². The Balaban J connectivity index is 2.87. The fourth-order valence-electron chi connectivity index (χ4n) is 1.86. The van der Waals surface area contributed by atoms with E-state index in [1.165, 1.54) is 14.0 Å². The third-order valence-corrected chi connectivity index (χ3v) is 2.96. The SMILES string of the molecule is COc1cc(-n2c(=O)cc(C)n(N)c2=O)c(F)cc1C#N. The summed E-state index contributed by atoms with van der Waals surface area (Å²) >= 11 is 0. The second kappa shape index (κ2) is 5.13. The molecule has 8 heteroatoms. The Morgan fingerprint density at radius 1 is 1.33 bits per heavy atom. The molecule has 7 nitrogen and oxygen atoms in total. The third-order valence-electron chi connectivity index (χ3n) is 2.96. The molecule has 2 aromatic rings. The number of nitrogen functional groups attached to an aromatic ring is 1. The Morgan fingerprint density at radius 3 is 2.57 bits per heavy atom. The van der Waals surface area contributed by atoms with Crippen LogP contribution < -0.4 is 21.8 Å². The molecule has 1 heterocycles. The predicted molar refractivity (Wildman–Crippen MR) is 72.4 cm³/mol. The van der Waals surface area contributed by atoms with Gasteiger partial charge in [0.1, 0.15) is 17.6 Å². The standard InChI is InChI=1S/C13H11FN4O3/c1-7-3-12(19)17(13(20)18(7)16)10-5-11(21-2)8(6-15)4-9(10)14/h3-5H,16H2,1-2H3. The Labute approximate surface area is 118 Å². The van der Waals surface area contributed by atoms with E-state index in [0.29, 0.717) is 4.57 Å². The summed E-state index contributed by atoms with van der Waals surface area (Å²) in [5, 5.41) is 8.87.